The maximum atomic E-state index is 13.2. The number of para-hydroxylation sites is 1. The fourth-order valence-electron chi connectivity index (χ4n) is 4.85. The smallest absolute Gasteiger partial charge is 0.326 e. The van der Waals surface area contributed by atoms with E-state index >= 15 is 0 Å². The Bertz CT molecular complexity index is 1090. The molecule has 0 bridgehead atoms. The fraction of sp³-hybridized carbons (Fsp3) is 0.250. The van der Waals surface area contributed by atoms with Crippen molar-refractivity contribution in [1.29, 1.82) is 0 Å². The molecule has 0 aliphatic carbocycles. The lowest BCUT2D eigenvalue weighted by Gasteiger charge is -2.59. The highest BCUT2D eigenvalue weighted by atomic mass is 35.5. The maximum absolute atomic E-state index is 13.2. The number of fused-ring (bicyclic) bond motifs is 3. The van der Waals surface area contributed by atoms with E-state index in [4.69, 9.17) is 11.6 Å². The number of pyridine rings is 1. The van der Waals surface area contributed by atoms with E-state index in [9.17, 15) is 9.90 Å². The highest BCUT2D eigenvalue weighted by molar-refractivity contribution is 6.30. The molecule has 0 unspecified atom stereocenters. The Morgan fingerprint density at radius 2 is 1.94 bits per heavy atom. The first-order chi connectivity index (χ1) is 15.2. The Morgan fingerprint density at radius 3 is 2.71 bits per heavy atom. The van der Waals surface area contributed by atoms with Crippen molar-refractivity contribution in [3.05, 3.63) is 89.2 Å². The van der Waals surface area contributed by atoms with Crippen LogP contribution in [0.5, 0.6) is 0 Å². The van der Waals surface area contributed by atoms with E-state index in [0.717, 1.165) is 16.8 Å². The zero-order valence-corrected chi connectivity index (χ0v) is 17.6. The van der Waals surface area contributed by atoms with E-state index in [2.05, 4.69) is 21.3 Å². The number of nitrogens with zero attached hydrogens (tertiary/aromatic N) is 3. The van der Waals surface area contributed by atoms with Crippen LogP contribution in [0.2, 0.25) is 5.02 Å². The van der Waals surface area contributed by atoms with Crippen LogP contribution in [0.25, 0.3) is 0 Å². The molecule has 2 amide bonds. The van der Waals surface area contributed by atoms with E-state index in [1.54, 1.807) is 29.4 Å². The molecule has 0 spiro atoms. The van der Waals surface area contributed by atoms with Crippen molar-refractivity contribution in [1.82, 2.24) is 9.88 Å². The predicted molar refractivity (Wildman–Crippen MR) is 121 cm³/mol. The topological polar surface area (TPSA) is 68.7 Å². The first kappa shape index (κ1) is 20.0. The third-order valence-electron chi connectivity index (χ3n) is 6.26. The van der Waals surface area contributed by atoms with Crippen molar-refractivity contribution in [2.45, 2.75) is 24.5 Å². The van der Waals surface area contributed by atoms with E-state index in [-0.39, 0.29) is 30.6 Å². The van der Waals surface area contributed by atoms with E-state index in [1.165, 1.54) is 0 Å². The van der Waals surface area contributed by atoms with Crippen molar-refractivity contribution < 1.29 is 9.90 Å². The van der Waals surface area contributed by atoms with Gasteiger partial charge in [-0.25, -0.2) is 4.79 Å². The van der Waals surface area contributed by atoms with Crippen LogP contribution in [0.15, 0.2) is 73.1 Å². The Labute approximate surface area is 186 Å². The molecule has 2 aromatic carbocycles. The van der Waals surface area contributed by atoms with Crippen molar-refractivity contribution >= 4 is 29.0 Å². The molecule has 6 nitrogen and oxygen atoms in total. The molecule has 0 saturated carbocycles. The number of carbonyl (C=O) groups excluding carboxylic acids is 1. The van der Waals surface area contributed by atoms with Crippen molar-refractivity contribution in [2.24, 2.45) is 0 Å². The van der Waals surface area contributed by atoms with Gasteiger partial charge < -0.3 is 10.4 Å². The second-order valence-electron chi connectivity index (χ2n) is 7.98. The average molecular weight is 435 g/mol. The molecule has 3 heterocycles. The van der Waals surface area contributed by atoms with Crippen LogP contribution in [0.1, 0.15) is 17.0 Å². The third-order valence-corrected chi connectivity index (χ3v) is 6.50. The normalized spacial score (nSPS) is 22.3. The average Bonchev–Trinajstić information content (AvgIpc) is 2.78. The van der Waals surface area contributed by atoms with Crippen LogP contribution in [0.4, 0.5) is 16.2 Å². The molecular weight excluding hydrogens is 412 g/mol. The number of aromatic nitrogens is 1. The first-order valence-corrected chi connectivity index (χ1v) is 10.7. The van der Waals surface area contributed by atoms with Gasteiger partial charge in [0.1, 0.15) is 0 Å². The van der Waals surface area contributed by atoms with Gasteiger partial charge in [0.2, 0.25) is 0 Å². The van der Waals surface area contributed by atoms with E-state index in [1.807, 2.05) is 42.5 Å². The number of likely N-dealkylation sites (tertiary alicyclic amines) is 1. The molecule has 2 aliphatic heterocycles. The maximum Gasteiger partial charge on any atom is 0.326 e. The van der Waals surface area contributed by atoms with Gasteiger partial charge in [-0.05, 0) is 47.5 Å². The standard InChI is InChI=1S/C24H23ClN4O2/c25-17-4-3-5-18(12-17)27-24(31)29-14-21-23(19-6-1-2-7-20(19)29)22(15-30)28(21)13-16-8-10-26-11-9-16/h1-12,21-23,30H,13-15H2,(H,27,31)/t21-,22-,23+/m0/s1. The van der Waals surface area contributed by atoms with Gasteiger partial charge in [0.25, 0.3) is 0 Å². The van der Waals surface area contributed by atoms with Crippen molar-refractivity contribution in [2.75, 3.05) is 23.4 Å². The lowest BCUT2D eigenvalue weighted by molar-refractivity contribution is -0.0484. The van der Waals surface area contributed by atoms with E-state index in [0.29, 0.717) is 23.8 Å². The zero-order chi connectivity index (χ0) is 21.4. The number of aliphatic hydroxyl groups is 1. The van der Waals surface area contributed by atoms with Gasteiger partial charge in [-0.2, -0.15) is 0 Å². The summed E-state index contributed by atoms with van der Waals surface area (Å²) in [6.45, 7) is 1.34. The van der Waals surface area contributed by atoms with Gasteiger partial charge in [-0.1, -0.05) is 35.9 Å². The van der Waals surface area contributed by atoms with Crippen LogP contribution in [0.3, 0.4) is 0 Å². The van der Waals surface area contributed by atoms with Gasteiger partial charge in [0.05, 0.1) is 6.61 Å². The van der Waals surface area contributed by atoms with E-state index < -0.39 is 0 Å². The highest BCUT2D eigenvalue weighted by Crippen LogP contribution is 2.48. The summed E-state index contributed by atoms with van der Waals surface area (Å²) in [5.41, 5.74) is 3.79. The van der Waals surface area contributed by atoms with Gasteiger partial charge in [0.15, 0.2) is 0 Å². The number of anilines is 2. The number of aliphatic hydroxyl groups excluding tert-OH is 1. The summed E-state index contributed by atoms with van der Waals surface area (Å²) in [7, 11) is 0. The van der Waals surface area contributed by atoms with Crippen LogP contribution in [0, 0.1) is 0 Å². The number of urea groups is 1. The summed E-state index contributed by atoms with van der Waals surface area (Å²) in [5.74, 6) is 0.193. The molecule has 3 aromatic rings. The lowest BCUT2D eigenvalue weighted by Crippen LogP contribution is -2.69. The number of nitrogens with one attached hydrogen (secondary N) is 1. The Hall–Kier alpha value is -2.93. The summed E-state index contributed by atoms with van der Waals surface area (Å²) >= 11 is 6.08. The molecule has 7 heteroatoms. The van der Waals surface area contributed by atoms with Crippen molar-refractivity contribution in [3.63, 3.8) is 0 Å². The predicted octanol–water partition coefficient (Wildman–Crippen LogP) is 4.12. The number of hydrogen-bond donors (Lipinski definition) is 2. The van der Waals surface area contributed by atoms with Gasteiger partial charge in [0, 0.05) is 59.9 Å². The fourth-order valence-corrected chi connectivity index (χ4v) is 5.04. The molecular formula is C24H23ClN4O2. The first-order valence-electron chi connectivity index (χ1n) is 10.3. The molecule has 2 N–H and O–H groups in total. The van der Waals surface area contributed by atoms with Crippen LogP contribution in [-0.2, 0) is 6.54 Å². The van der Waals surface area contributed by atoms with Crippen molar-refractivity contribution in [3.8, 4) is 0 Å². The minimum absolute atomic E-state index is 0.0254. The third kappa shape index (κ3) is 3.67. The molecule has 3 atom stereocenters. The second-order valence-corrected chi connectivity index (χ2v) is 8.42. The number of amides is 2. The largest absolute Gasteiger partial charge is 0.395 e. The molecule has 158 valence electrons. The number of carbonyl (C=O) groups is 1. The number of benzene rings is 2. The molecule has 1 fully saturated rings. The summed E-state index contributed by atoms with van der Waals surface area (Å²) in [5, 5.41) is 13.7. The minimum atomic E-state index is -0.190. The Balaban J connectivity index is 1.44. The SMILES string of the molecule is O=C(Nc1cccc(Cl)c1)N1C[C@H]2[C@@H](c3ccccc31)[C@H](CO)N2Cc1ccncc1. The molecule has 31 heavy (non-hydrogen) atoms. The van der Waals surface area contributed by atoms with Crippen LogP contribution >= 0.6 is 11.6 Å². The molecule has 2 aliphatic rings. The summed E-state index contributed by atoms with van der Waals surface area (Å²) < 4.78 is 0. The van der Waals surface area contributed by atoms with Crippen LogP contribution in [-0.4, -0.2) is 46.3 Å². The molecule has 0 radical (unpaired) electrons. The quantitative estimate of drug-likeness (QED) is 0.648. The van der Waals surface area contributed by atoms with Gasteiger partial charge in [-0.15, -0.1) is 0 Å². The van der Waals surface area contributed by atoms with Gasteiger partial charge in [-0.3, -0.25) is 14.8 Å². The summed E-state index contributed by atoms with van der Waals surface area (Å²) in [6, 6.07) is 19.1. The monoisotopic (exact) mass is 434 g/mol. The number of hydrogen-bond acceptors (Lipinski definition) is 4. The summed E-state index contributed by atoms with van der Waals surface area (Å²) in [4.78, 5) is 21.4. The zero-order valence-electron chi connectivity index (χ0n) is 16.9. The van der Waals surface area contributed by atoms with Gasteiger partial charge >= 0.3 is 6.03 Å². The number of rotatable bonds is 4. The highest BCUT2D eigenvalue weighted by Gasteiger charge is 2.53. The van der Waals surface area contributed by atoms with Crippen LogP contribution < -0.4 is 10.2 Å². The molecule has 1 aromatic heterocycles. The molecule has 1 saturated heterocycles. The Morgan fingerprint density at radius 1 is 1.13 bits per heavy atom. The molecule has 5 rings (SSSR count). The number of halogens is 1. The lowest BCUT2D eigenvalue weighted by atomic mass is 9.72. The Kier molecular flexibility index (Phi) is 5.36. The summed E-state index contributed by atoms with van der Waals surface area (Å²) in [6.07, 6.45) is 3.56. The minimum Gasteiger partial charge on any atom is -0.395 e. The second kappa shape index (κ2) is 8.30.